The first-order chi connectivity index (χ1) is 5.84. The normalized spacial score (nSPS) is 12.8. The second-order valence-electron chi connectivity index (χ2n) is 2.79. The van der Waals surface area contributed by atoms with Gasteiger partial charge >= 0.3 is 0 Å². The van der Waals surface area contributed by atoms with Gasteiger partial charge in [-0.1, -0.05) is 30.3 Å². The fourth-order valence-corrected chi connectivity index (χ4v) is 1.13. The van der Waals surface area contributed by atoms with Crippen molar-refractivity contribution in [3.05, 3.63) is 35.9 Å². The van der Waals surface area contributed by atoms with Gasteiger partial charge in [-0.05, 0) is 18.4 Å². The van der Waals surface area contributed by atoms with Crippen LogP contribution in [0, 0.1) is 0 Å². The van der Waals surface area contributed by atoms with E-state index >= 15 is 0 Å². The molecule has 0 amide bonds. The Hall–Kier alpha value is -0.860. The van der Waals surface area contributed by atoms with Gasteiger partial charge in [0.2, 0.25) is 0 Å². The Balaban J connectivity index is 2.48. The number of aliphatic hydroxyl groups is 2. The molecule has 12 heavy (non-hydrogen) atoms. The summed E-state index contributed by atoms with van der Waals surface area (Å²) in [7, 11) is 0. The van der Waals surface area contributed by atoms with Crippen molar-refractivity contribution >= 4 is 0 Å². The van der Waals surface area contributed by atoms with Crippen LogP contribution in [0.5, 0.6) is 0 Å². The number of hydrogen-bond donors (Lipinski definition) is 2. The third-order valence-electron chi connectivity index (χ3n) is 1.82. The van der Waals surface area contributed by atoms with Crippen LogP contribution in [-0.2, 0) is 0 Å². The van der Waals surface area contributed by atoms with Crippen molar-refractivity contribution in [3.63, 3.8) is 0 Å². The van der Waals surface area contributed by atoms with Crippen LogP contribution in [0.1, 0.15) is 24.5 Å². The fourth-order valence-electron chi connectivity index (χ4n) is 1.13. The molecule has 0 aliphatic carbocycles. The van der Waals surface area contributed by atoms with E-state index in [1.165, 1.54) is 0 Å². The Morgan fingerprint density at radius 3 is 2.42 bits per heavy atom. The molecule has 0 saturated carbocycles. The molecule has 0 aliphatic rings. The molecule has 1 atom stereocenters. The van der Waals surface area contributed by atoms with Crippen LogP contribution in [0.25, 0.3) is 0 Å². The van der Waals surface area contributed by atoms with E-state index in [0.717, 1.165) is 5.56 Å². The third-order valence-corrected chi connectivity index (χ3v) is 1.82. The maximum absolute atomic E-state index is 9.54. The standard InChI is InChI=1S/C10H14O2/c11-8-4-7-10(12)9-5-2-1-3-6-9/h1-3,5-6,10-12H,4,7-8H2/t10-/m0/s1. The molecule has 0 radical (unpaired) electrons. The molecule has 2 N–H and O–H groups in total. The van der Waals surface area contributed by atoms with Crippen LogP contribution < -0.4 is 0 Å². The largest absolute Gasteiger partial charge is 0.396 e. The number of rotatable bonds is 4. The molecule has 1 rings (SSSR count). The van der Waals surface area contributed by atoms with Crippen molar-refractivity contribution in [3.8, 4) is 0 Å². The molecule has 0 saturated heterocycles. The number of hydrogen-bond acceptors (Lipinski definition) is 2. The molecule has 0 aliphatic heterocycles. The highest BCUT2D eigenvalue weighted by Crippen LogP contribution is 2.16. The maximum Gasteiger partial charge on any atom is 0.0790 e. The third kappa shape index (κ3) is 2.64. The quantitative estimate of drug-likeness (QED) is 0.711. The lowest BCUT2D eigenvalue weighted by Gasteiger charge is -2.08. The second kappa shape index (κ2) is 4.91. The van der Waals surface area contributed by atoms with E-state index in [0.29, 0.717) is 12.8 Å². The molecule has 66 valence electrons. The van der Waals surface area contributed by atoms with E-state index < -0.39 is 6.10 Å². The highest BCUT2D eigenvalue weighted by molar-refractivity contribution is 5.16. The van der Waals surface area contributed by atoms with Gasteiger partial charge in [0.15, 0.2) is 0 Å². The first kappa shape index (κ1) is 9.23. The minimum Gasteiger partial charge on any atom is -0.396 e. The summed E-state index contributed by atoms with van der Waals surface area (Å²) in [5.74, 6) is 0. The average molecular weight is 166 g/mol. The molecule has 0 unspecified atom stereocenters. The van der Waals surface area contributed by atoms with Gasteiger partial charge in [0.1, 0.15) is 0 Å². The van der Waals surface area contributed by atoms with Crippen molar-refractivity contribution in [1.29, 1.82) is 0 Å². The summed E-state index contributed by atoms with van der Waals surface area (Å²) in [5, 5.41) is 18.1. The van der Waals surface area contributed by atoms with Gasteiger partial charge in [0.05, 0.1) is 6.10 Å². The molecular formula is C10H14O2. The van der Waals surface area contributed by atoms with E-state index in [1.807, 2.05) is 30.3 Å². The fraction of sp³-hybridized carbons (Fsp3) is 0.400. The van der Waals surface area contributed by atoms with Gasteiger partial charge in [-0.15, -0.1) is 0 Å². The van der Waals surface area contributed by atoms with E-state index in [9.17, 15) is 5.11 Å². The van der Waals surface area contributed by atoms with Gasteiger partial charge in [-0.2, -0.15) is 0 Å². The minimum atomic E-state index is -0.432. The van der Waals surface area contributed by atoms with Crippen LogP contribution >= 0.6 is 0 Å². The zero-order valence-corrected chi connectivity index (χ0v) is 6.98. The monoisotopic (exact) mass is 166 g/mol. The lowest BCUT2D eigenvalue weighted by atomic mass is 10.1. The Kier molecular flexibility index (Phi) is 3.77. The maximum atomic E-state index is 9.54. The Morgan fingerprint density at radius 1 is 1.17 bits per heavy atom. The summed E-state index contributed by atoms with van der Waals surface area (Å²) in [6.07, 6.45) is 0.842. The molecule has 0 bridgehead atoms. The topological polar surface area (TPSA) is 40.5 Å². The van der Waals surface area contributed by atoms with Crippen LogP contribution in [0.2, 0.25) is 0 Å². The van der Waals surface area contributed by atoms with Crippen molar-refractivity contribution < 1.29 is 10.2 Å². The van der Waals surface area contributed by atoms with Crippen molar-refractivity contribution in [2.75, 3.05) is 6.61 Å². The smallest absolute Gasteiger partial charge is 0.0790 e. The number of aliphatic hydroxyl groups excluding tert-OH is 2. The Morgan fingerprint density at radius 2 is 1.83 bits per heavy atom. The van der Waals surface area contributed by atoms with E-state index in [-0.39, 0.29) is 6.61 Å². The molecule has 2 heteroatoms. The molecule has 0 fully saturated rings. The Bertz CT molecular complexity index is 208. The van der Waals surface area contributed by atoms with Crippen LogP contribution in [-0.4, -0.2) is 16.8 Å². The van der Waals surface area contributed by atoms with E-state index in [1.54, 1.807) is 0 Å². The van der Waals surface area contributed by atoms with Gasteiger partial charge in [-0.3, -0.25) is 0 Å². The molecule has 0 heterocycles. The van der Waals surface area contributed by atoms with Crippen LogP contribution in [0.15, 0.2) is 30.3 Å². The van der Waals surface area contributed by atoms with E-state index in [4.69, 9.17) is 5.11 Å². The minimum absolute atomic E-state index is 0.143. The second-order valence-corrected chi connectivity index (χ2v) is 2.79. The van der Waals surface area contributed by atoms with Gasteiger partial charge < -0.3 is 10.2 Å². The highest BCUT2D eigenvalue weighted by atomic mass is 16.3. The predicted molar refractivity (Wildman–Crippen MR) is 47.7 cm³/mol. The Labute approximate surface area is 72.5 Å². The first-order valence-electron chi connectivity index (χ1n) is 4.18. The lowest BCUT2D eigenvalue weighted by Crippen LogP contribution is -1.98. The molecule has 1 aromatic rings. The first-order valence-corrected chi connectivity index (χ1v) is 4.18. The van der Waals surface area contributed by atoms with Gasteiger partial charge in [-0.25, -0.2) is 0 Å². The summed E-state index contributed by atoms with van der Waals surface area (Å²) < 4.78 is 0. The molecule has 0 spiro atoms. The zero-order chi connectivity index (χ0) is 8.81. The molecule has 0 aromatic heterocycles. The number of benzene rings is 1. The van der Waals surface area contributed by atoms with Crippen molar-refractivity contribution in [2.45, 2.75) is 18.9 Å². The summed E-state index contributed by atoms with van der Waals surface area (Å²) in [4.78, 5) is 0. The van der Waals surface area contributed by atoms with Gasteiger partial charge in [0.25, 0.3) is 0 Å². The molecule has 2 nitrogen and oxygen atoms in total. The summed E-state index contributed by atoms with van der Waals surface area (Å²) in [5.41, 5.74) is 0.922. The van der Waals surface area contributed by atoms with Crippen LogP contribution in [0.3, 0.4) is 0 Å². The summed E-state index contributed by atoms with van der Waals surface area (Å²) in [6, 6.07) is 9.50. The molecular weight excluding hydrogens is 152 g/mol. The summed E-state index contributed by atoms with van der Waals surface area (Å²) in [6.45, 7) is 0.143. The summed E-state index contributed by atoms with van der Waals surface area (Å²) >= 11 is 0. The van der Waals surface area contributed by atoms with Crippen LogP contribution in [0.4, 0.5) is 0 Å². The zero-order valence-electron chi connectivity index (χ0n) is 6.98. The predicted octanol–water partition coefficient (Wildman–Crippen LogP) is 1.49. The van der Waals surface area contributed by atoms with Crippen molar-refractivity contribution in [1.82, 2.24) is 0 Å². The van der Waals surface area contributed by atoms with Crippen molar-refractivity contribution in [2.24, 2.45) is 0 Å². The highest BCUT2D eigenvalue weighted by Gasteiger charge is 2.04. The van der Waals surface area contributed by atoms with Gasteiger partial charge in [0, 0.05) is 6.61 Å². The lowest BCUT2D eigenvalue weighted by molar-refractivity contribution is 0.152. The molecule has 1 aromatic carbocycles. The SMILES string of the molecule is OCCC[C@H](O)c1ccccc1. The average Bonchev–Trinajstić information content (AvgIpc) is 2.15. The van der Waals surface area contributed by atoms with E-state index in [2.05, 4.69) is 0 Å².